The lowest BCUT2D eigenvalue weighted by Gasteiger charge is -2.38. The van der Waals surface area contributed by atoms with Crippen LogP contribution in [0.4, 0.5) is 0 Å². The van der Waals surface area contributed by atoms with Gasteiger partial charge in [-0.3, -0.25) is 0 Å². The summed E-state index contributed by atoms with van der Waals surface area (Å²) in [5, 5.41) is 36.8. The molecule has 1 rings (SSSR count). The molecule has 82 valence electrons. The number of hydrogen-bond acceptors (Lipinski definition) is 6. The second kappa shape index (κ2) is 4.72. The van der Waals surface area contributed by atoms with Crippen molar-refractivity contribution in [1.82, 2.24) is 0 Å². The number of aliphatic hydroxyl groups excluding tert-OH is 4. The fourth-order valence-electron chi connectivity index (χ4n) is 1.27. The number of rotatable bonds is 3. The predicted octanol–water partition coefficient (Wildman–Crippen LogP) is -2.05. The zero-order chi connectivity index (χ0) is 10.7. The molecule has 1 heterocycles. The molecule has 6 heteroatoms. The van der Waals surface area contributed by atoms with Crippen molar-refractivity contribution in [3.63, 3.8) is 0 Å². The van der Waals surface area contributed by atoms with Gasteiger partial charge in [-0.1, -0.05) is 6.58 Å². The quantitative estimate of drug-likeness (QED) is 0.396. The lowest BCUT2D eigenvalue weighted by molar-refractivity contribution is -0.287. The Hall–Kier alpha value is -0.660. The van der Waals surface area contributed by atoms with Crippen LogP contribution < -0.4 is 0 Å². The van der Waals surface area contributed by atoms with Gasteiger partial charge >= 0.3 is 0 Å². The predicted molar refractivity (Wildman–Crippen MR) is 45.0 cm³/mol. The monoisotopic (exact) mass is 206 g/mol. The maximum absolute atomic E-state index is 9.36. The highest BCUT2D eigenvalue weighted by molar-refractivity contribution is 4.89. The van der Waals surface area contributed by atoms with Crippen LogP contribution in [0.25, 0.3) is 0 Å². The number of hydrogen-bond donors (Lipinski definition) is 4. The van der Waals surface area contributed by atoms with Crippen molar-refractivity contribution in [3.8, 4) is 0 Å². The number of ether oxygens (including phenoxy) is 2. The molecule has 0 radical (unpaired) electrons. The van der Waals surface area contributed by atoms with Gasteiger partial charge in [0.2, 0.25) is 6.29 Å². The average Bonchev–Trinajstić information content (AvgIpc) is 2.19. The SMILES string of the molecule is C=CO[C@@H]1O[C@H](CO)C(O)C(O)[C@H]1O. The van der Waals surface area contributed by atoms with Gasteiger partial charge in [-0.2, -0.15) is 0 Å². The Bertz CT molecular complexity index is 194. The first-order valence-electron chi connectivity index (χ1n) is 4.18. The van der Waals surface area contributed by atoms with E-state index < -0.39 is 37.3 Å². The van der Waals surface area contributed by atoms with Gasteiger partial charge in [0.05, 0.1) is 12.9 Å². The van der Waals surface area contributed by atoms with Crippen molar-refractivity contribution in [2.45, 2.75) is 30.7 Å². The van der Waals surface area contributed by atoms with E-state index in [-0.39, 0.29) is 0 Å². The molecular formula is C8H14O6. The molecule has 5 atom stereocenters. The van der Waals surface area contributed by atoms with Gasteiger partial charge in [-0.05, 0) is 0 Å². The second-order valence-electron chi connectivity index (χ2n) is 3.00. The van der Waals surface area contributed by atoms with Crippen LogP contribution in [0, 0.1) is 0 Å². The highest BCUT2D eigenvalue weighted by Crippen LogP contribution is 2.21. The first kappa shape index (κ1) is 11.4. The molecule has 1 aliphatic rings. The zero-order valence-corrected chi connectivity index (χ0v) is 7.48. The molecule has 0 aromatic heterocycles. The molecule has 0 bridgehead atoms. The van der Waals surface area contributed by atoms with Crippen LogP contribution in [0.5, 0.6) is 0 Å². The highest BCUT2D eigenvalue weighted by atomic mass is 16.7. The minimum atomic E-state index is -1.41. The minimum absolute atomic E-state index is 0.470. The van der Waals surface area contributed by atoms with Crippen LogP contribution in [0.1, 0.15) is 0 Å². The van der Waals surface area contributed by atoms with Crippen molar-refractivity contribution >= 4 is 0 Å². The molecule has 6 nitrogen and oxygen atoms in total. The van der Waals surface area contributed by atoms with Gasteiger partial charge in [0, 0.05) is 0 Å². The van der Waals surface area contributed by atoms with E-state index in [1.807, 2.05) is 0 Å². The molecule has 0 saturated carbocycles. The Labute approximate surface area is 81.0 Å². The van der Waals surface area contributed by atoms with Crippen molar-refractivity contribution in [3.05, 3.63) is 12.8 Å². The van der Waals surface area contributed by atoms with Gasteiger partial charge in [-0.15, -0.1) is 0 Å². The molecule has 0 aliphatic carbocycles. The summed E-state index contributed by atoms with van der Waals surface area (Å²) in [7, 11) is 0. The Kier molecular flexibility index (Phi) is 3.85. The van der Waals surface area contributed by atoms with Gasteiger partial charge in [-0.25, -0.2) is 0 Å². The van der Waals surface area contributed by atoms with Crippen LogP contribution in [0.3, 0.4) is 0 Å². The third-order valence-corrected chi connectivity index (χ3v) is 2.08. The van der Waals surface area contributed by atoms with Gasteiger partial charge in [0.15, 0.2) is 0 Å². The Morgan fingerprint density at radius 2 is 1.86 bits per heavy atom. The minimum Gasteiger partial charge on any atom is -0.470 e. The van der Waals surface area contributed by atoms with Crippen LogP contribution in [0.2, 0.25) is 0 Å². The first-order chi connectivity index (χ1) is 6.61. The maximum atomic E-state index is 9.36. The Morgan fingerprint density at radius 1 is 1.21 bits per heavy atom. The van der Waals surface area contributed by atoms with Crippen LogP contribution >= 0.6 is 0 Å². The summed E-state index contributed by atoms with van der Waals surface area (Å²) < 4.78 is 9.72. The molecule has 1 saturated heterocycles. The molecule has 0 aromatic carbocycles. The average molecular weight is 206 g/mol. The van der Waals surface area contributed by atoms with E-state index in [4.69, 9.17) is 14.6 Å². The molecule has 4 N–H and O–H groups in total. The van der Waals surface area contributed by atoms with E-state index >= 15 is 0 Å². The topological polar surface area (TPSA) is 99.4 Å². The van der Waals surface area contributed by atoms with E-state index in [2.05, 4.69) is 6.58 Å². The van der Waals surface area contributed by atoms with E-state index in [0.717, 1.165) is 6.26 Å². The Morgan fingerprint density at radius 3 is 2.36 bits per heavy atom. The lowest BCUT2D eigenvalue weighted by atomic mass is 9.99. The van der Waals surface area contributed by atoms with Crippen LogP contribution in [0.15, 0.2) is 12.8 Å². The first-order valence-corrected chi connectivity index (χ1v) is 4.18. The van der Waals surface area contributed by atoms with Crippen molar-refractivity contribution < 1.29 is 29.9 Å². The van der Waals surface area contributed by atoms with Gasteiger partial charge < -0.3 is 29.9 Å². The largest absolute Gasteiger partial charge is 0.470 e. The number of aliphatic hydroxyl groups is 4. The van der Waals surface area contributed by atoms with Crippen molar-refractivity contribution in [2.75, 3.05) is 6.61 Å². The smallest absolute Gasteiger partial charge is 0.228 e. The lowest BCUT2D eigenvalue weighted by Crippen LogP contribution is -2.58. The highest BCUT2D eigenvalue weighted by Gasteiger charge is 2.44. The maximum Gasteiger partial charge on any atom is 0.228 e. The Balaban J connectivity index is 2.67. The third-order valence-electron chi connectivity index (χ3n) is 2.08. The molecule has 0 aromatic rings. The van der Waals surface area contributed by atoms with Gasteiger partial charge in [0.25, 0.3) is 0 Å². The van der Waals surface area contributed by atoms with E-state index in [1.165, 1.54) is 0 Å². The molecule has 14 heavy (non-hydrogen) atoms. The summed E-state index contributed by atoms with van der Waals surface area (Å²) in [5.74, 6) is 0. The summed E-state index contributed by atoms with van der Waals surface area (Å²) >= 11 is 0. The normalized spacial score (nSPS) is 43.3. The molecular weight excluding hydrogens is 192 g/mol. The molecule has 2 unspecified atom stereocenters. The summed E-state index contributed by atoms with van der Waals surface area (Å²) in [5.41, 5.74) is 0. The van der Waals surface area contributed by atoms with Crippen molar-refractivity contribution in [2.24, 2.45) is 0 Å². The fourth-order valence-corrected chi connectivity index (χ4v) is 1.27. The molecule has 1 fully saturated rings. The fraction of sp³-hybridized carbons (Fsp3) is 0.750. The van der Waals surface area contributed by atoms with E-state index in [1.54, 1.807) is 0 Å². The van der Waals surface area contributed by atoms with Crippen LogP contribution in [-0.4, -0.2) is 57.7 Å². The van der Waals surface area contributed by atoms with E-state index in [9.17, 15) is 15.3 Å². The summed E-state index contributed by atoms with van der Waals surface area (Å²) in [6.45, 7) is 2.79. The zero-order valence-electron chi connectivity index (χ0n) is 7.48. The molecule has 0 spiro atoms. The summed E-state index contributed by atoms with van der Waals surface area (Å²) in [6.07, 6.45) is -5.16. The third kappa shape index (κ3) is 2.05. The second-order valence-corrected chi connectivity index (χ2v) is 3.00. The summed E-state index contributed by atoms with van der Waals surface area (Å²) in [6, 6.07) is 0. The van der Waals surface area contributed by atoms with Crippen molar-refractivity contribution in [1.29, 1.82) is 0 Å². The molecule has 0 amide bonds. The molecule has 1 aliphatic heterocycles. The standard InChI is InChI=1S/C8H14O6/c1-2-13-8-7(12)6(11)5(10)4(3-9)14-8/h2,4-12H,1,3H2/t4-,5?,6?,7-,8-/m1/s1. The van der Waals surface area contributed by atoms with E-state index in [0.29, 0.717) is 0 Å². The van der Waals surface area contributed by atoms with Gasteiger partial charge in [0.1, 0.15) is 24.4 Å². The van der Waals surface area contributed by atoms with Crippen LogP contribution in [-0.2, 0) is 9.47 Å². The summed E-state index contributed by atoms with van der Waals surface area (Å²) in [4.78, 5) is 0.